The van der Waals surface area contributed by atoms with Crippen LogP contribution in [-0.2, 0) is 0 Å². The highest BCUT2D eigenvalue weighted by atomic mass is 35.5. The number of benzene rings is 1. The fourth-order valence-electron chi connectivity index (χ4n) is 0.741. The van der Waals surface area contributed by atoms with Gasteiger partial charge < -0.3 is 0 Å². The van der Waals surface area contributed by atoms with Gasteiger partial charge in [-0.25, -0.2) is 4.39 Å². The van der Waals surface area contributed by atoms with Crippen molar-refractivity contribution in [1.29, 1.82) is 10.5 Å². The lowest BCUT2D eigenvalue weighted by molar-refractivity contribution is 0.624. The van der Waals surface area contributed by atoms with Crippen LogP contribution in [0.2, 0.25) is 5.02 Å². The van der Waals surface area contributed by atoms with Crippen LogP contribution in [-0.4, -0.2) is 0 Å². The molecule has 0 atom stereocenters. The highest BCUT2D eigenvalue weighted by Crippen LogP contribution is 2.22. The second-order valence-electron chi connectivity index (χ2n) is 2.01. The molecule has 4 heteroatoms. The average molecular weight is 181 g/mol. The third-order valence-corrected chi connectivity index (χ3v) is 1.72. The first-order valence-electron chi connectivity index (χ1n) is 2.99. The molecule has 58 valence electrons. The van der Waals surface area contributed by atoms with Crippen LogP contribution in [0.5, 0.6) is 0 Å². The first-order chi connectivity index (χ1) is 5.70. The van der Waals surface area contributed by atoms with Crippen molar-refractivity contribution in [3.8, 4) is 12.1 Å². The maximum Gasteiger partial charge on any atom is 0.142 e. The van der Waals surface area contributed by atoms with Crippen LogP contribution in [0.3, 0.4) is 0 Å². The fourth-order valence-corrected chi connectivity index (χ4v) is 0.979. The Morgan fingerprint density at radius 3 is 2.42 bits per heavy atom. The summed E-state index contributed by atoms with van der Waals surface area (Å²) in [6.45, 7) is 0. The molecule has 0 unspecified atom stereocenters. The van der Waals surface area contributed by atoms with E-state index in [-0.39, 0.29) is 16.1 Å². The van der Waals surface area contributed by atoms with E-state index in [2.05, 4.69) is 0 Å². The number of nitrogens with zero attached hydrogens (tertiary/aromatic N) is 2. The minimum Gasteiger partial charge on any atom is -0.205 e. The fraction of sp³-hybridized carbons (Fsp3) is 0. The molecule has 0 fully saturated rings. The van der Waals surface area contributed by atoms with Gasteiger partial charge in [0.2, 0.25) is 0 Å². The normalized spacial score (nSPS) is 8.67. The molecule has 1 rings (SSSR count). The van der Waals surface area contributed by atoms with Gasteiger partial charge in [-0.15, -0.1) is 0 Å². The predicted molar refractivity (Wildman–Crippen MR) is 40.8 cm³/mol. The summed E-state index contributed by atoms with van der Waals surface area (Å²) in [5.41, 5.74) is -0.176. The molecule has 0 saturated heterocycles. The topological polar surface area (TPSA) is 47.6 Å². The van der Waals surface area contributed by atoms with Crippen molar-refractivity contribution in [3.05, 3.63) is 34.1 Å². The zero-order valence-corrected chi connectivity index (χ0v) is 6.56. The van der Waals surface area contributed by atoms with E-state index in [1.165, 1.54) is 6.07 Å². The summed E-state index contributed by atoms with van der Waals surface area (Å²) < 4.78 is 12.8. The van der Waals surface area contributed by atoms with E-state index < -0.39 is 5.82 Å². The van der Waals surface area contributed by atoms with Crippen molar-refractivity contribution in [3.63, 3.8) is 0 Å². The molecule has 0 aromatic heterocycles. The van der Waals surface area contributed by atoms with E-state index in [0.29, 0.717) is 0 Å². The Morgan fingerprint density at radius 2 is 1.92 bits per heavy atom. The smallest absolute Gasteiger partial charge is 0.142 e. The molecule has 0 aliphatic heterocycles. The molecule has 0 aliphatic carbocycles. The third kappa shape index (κ3) is 1.23. The van der Waals surface area contributed by atoms with Crippen LogP contribution in [0.1, 0.15) is 11.1 Å². The largest absolute Gasteiger partial charge is 0.205 e. The molecule has 0 aliphatic rings. The number of nitriles is 2. The van der Waals surface area contributed by atoms with Crippen molar-refractivity contribution in [2.75, 3.05) is 0 Å². The van der Waals surface area contributed by atoms with Gasteiger partial charge in [0, 0.05) is 0 Å². The van der Waals surface area contributed by atoms with Gasteiger partial charge in [0.1, 0.15) is 23.5 Å². The van der Waals surface area contributed by atoms with Crippen LogP contribution in [0.4, 0.5) is 4.39 Å². The van der Waals surface area contributed by atoms with Gasteiger partial charge in [-0.05, 0) is 12.1 Å². The molecule has 0 amide bonds. The second kappa shape index (κ2) is 3.21. The Labute approximate surface area is 73.4 Å². The number of rotatable bonds is 0. The SMILES string of the molecule is N#Cc1ccc(F)c(C#N)c1Cl. The lowest BCUT2D eigenvalue weighted by Gasteiger charge is -1.97. The Morgan fingerprint density at radius 1 is 1.25 bits per heavy atom. The highest BCUT2D eigenvalue weighted by Gasteiger charge is 2.10. The van der Waals surface area contributed by atoms with Gasteiger partial charge in [0.15, 0.2) is 0 Å². The first-order valence-corrected chi connectivity index (χ1v) is 3.36. The van der Waals surface area contributed by atoms with E-state index in [9.17, 15) is 4.39 Å². The van der Waals surface area contributed by atoms with Crippen LogP contribution in [0.25, 0.3) is 0 Å². The maximum atomic E-state index is 12.8. The molecule has 1 aromatic rings. The van der Waals surface area contributed by atoms with E-state index in [4.69, 9.17) is 22.1 Å². The van der Waals surface area contributed by atoms with Gasteiger partial charge >= 0.3 is 0 Å². The van der Waals surface area contributed by atoms with Crippen molar-refractivity contribution in [2.45, 2.75) is 0 Å². The molecule has 0 heterocycles. The standard InChI is InChI=1S/C8H2ClFN2/c9-8-5(3-11)1-2-7(10)6(8)4-12/h1-2H. The monoisotopic (exact) mass is 180 g/mol. The van der Waals surface area contributed by atoms with Gasteiger partial charge in [0.05, 0.1) is 10.6 Å². The zero-order chi connectivity index (χ0) is 9.14. The van der Waals surface area contributed by atoms with Crippen LogP contribution >= 0.6 is 11.6 Å². The minimum atomic E-state index is -0.707. The quantitative estimate of drug-likeness (QED) is 0.615. The molecule has 0 bridgehead atoms. The molecule has 1 aromatic carbocycles. The second-order valence-corrected chi connectivity index (χ2v) is 2.39. The number of halogens is 2. The molecular formula is C8H2ClFN2. The molecule has 12 heavy (non-hydrogen) atoms. The van der Waals surface area contributed by atoms with E-state index in [0.717, 1.165) is 6.07 Å². The summed E-state index contributed by atoms with van der Waals surface area (Å²) in [7, 11) is 0. The summed E-state index contributed by atoms with van der Waals surface area (Å²) in [6.07, 6.45) is 0. The summed E-state index contributed by atoms with van der Waals surface area (Å²) in [5.74, 6) is -0.707. The molecular weight excluding hydrogens is 179 g/mol. The molecule has 0 saturated carbocycles. The lowest BCUT2D eigenvalue weighted by Crippen LogP contribution is -1.88. The lowest BCUT2D eigenvalue weighted by atomic mass is 10.1. The zero-order valence-electron chi connectivity index (χ0n) is 5.81. The summed E-state index contributed by atoms with van der Waals surface area (Å²) in [4.78, 5) is 0. The van der Waals surface area contributed by atoms with Crippen molar-refractivity contribution in [2.24, 2.45) is 0 Å². The number of hydrogen-bond acceptors (Lipinski definition) is 2. The van der Waals surface area contributed by atoms with E-state index >= 15 is 0 Å². The highest BCUT2D eigenvalue weighted by molar-refractivity contribution is 6.32. The van der Waals surface area contributed by atoms with Crippen LogP contribution < -0.4 is 0 Å². The summed E-state index contributed by atoms with van der Waals surface area (Å²) >= 11 is 5.53. The molecule has 0 N–H and O–H groups in total. The summed E-state index contributed by atoms with van der Waals surface area (Å²) in [6, 6.07) is 5.61. The molecule has 0 radical (unpaired) electrons. The Kier molecular flexibility index (Phi) is 2.28. The molecule has 2 nitrogen and oxygen atoms in total. The Bertz CT molecular complexity index is 401. The average Bonchev–Trinajstić information content (AvgIpc) is 2.06. The number of hydrogen-bond donors (Lipinski definition) is 0. The van der Waals surface area contributed by atoms with Gasteiger partial charge in [0.25, 0.3) is 0 Å². The first kappa shape index (κ1) is 8.52. The Hall–Kier alpha value is -1.58. The van der Waals surface area contributed by atoms with Gasteiger partial charge in [-0.1, -0.05) is 11.6 Å². The minimum absolute atomic E-state index is 0.106. The third-order valence-electron chi connectivity index (χ3n) is 1.32. The van der Waals surface area contributed by atoms with Crippen molar-refractivity contribution in [1.82, 2.24) is 0 Å². The Balaban J connectivity index is 3.50. The van der Waals surface area contributed by atoms with E-state index in [1.807, 2.05) is 0 Å². The molecule has 0 spiro atoms. The van der Waals surface area contributed by atoms with Crippen molar-refractivity contribution >= 4 is 11.6 Å². The van der Waals surface area contributed by atoms with Gasteiger partial charge in [-0.3, -0.25) is 0 Å². The van der Waals surface area contributed by atoms with Gasteiger partial charge in [-0.2, -0.15) is 10.5 Å². The van der Waals surface area contributed by atoms with Crippen LogP contribution in [0, 0.1) is 28.5 Å². The van der Waals surface area contributed by atoms with Crippen molar-refractivity contribution < 1.29 is 4.39 Å². The van der Waals surface area contributed by atoms with E-state index in [1.54, 1.807) is 12.1 Å². The predicted octanol–water partition coefficient (Wildman–Crippen LogP) is 2.22. The van der Waals surface area contributed by atoms with Crippen LogP contribution in [0.15, 0.2) is 12.1 Å². The summed E-state index contributed by atoms with van der Waals surface area (Å²) in [5, 5.41) is 16.8. The maximum absolute atomic E-state index is 12.8.